The minimum Gasteiger partial charge on any atom is -0.348 e. The van der Waals surface area contributed by atoms with Gasteiger partial charge in [-0.2, -0.15) is 10.4 Å². The monoisotopic (exact) mass is 214 g/mol. The van der Waals surface area contributed by atoms with E-state index < -0.39 is 0 Å². The summed E-state index contributed by atoms with van der Waals surface area (Å²) in [4.78, 5) is 8.06. The first-order chi connectivity index (χ1) is 7.79. The zero-order valence-electron chi connectivity index (χ0n) is 8.68. The van der Waals surface area contributed by atoms with Crippen LogP contribution in [-0.2, 0) is 0 Å². The van der Waals surface area contributed by atoms with E-state index in [0.29, 0.717) is 11.6 Å². The van der Waals surface area contributed by atoms with E-state index in [1.165, 1.54) is 0 Å². The largest absolute Gasteiger partial charge is 0.348 e. The van der Waals surface area contributed by atoms with E-state index in [0.717, 1.165) is 5.56 Å². The molecule has 1 unspecified atom stereocenters. The van der Waals surface area contributed by atoms with E-state index in [2.05, 4.69) is 25.5 Å². The third-order valence-corrected chi connectivity index (χ3v) is 2.14. The molecular weight excluding hydrogens is 204 g/mol. The highest BCUT2D eigenvalue weighted by atomic mass is 15.1. The Morgan fingerprint density at radius 2 is 2.44 bits per heavy atom. The predicted octanol–water partition coefficient (Wildman–Crippen LogP) is 1.24. The molecule has 2 N–H and O–H groups in total. The summed E-state index contributed by atoms with van der Waals surface area (Å²) in [5, 5.41) is 18.4. The number of hydrogen-bond acceptors (Lipinski definition) is 5. The van der Waals surface area contributed by atoms with Crippen LogP contribution < -0.4 is 5.32 Å². The number of rotatable bonds is 3. The zero-order valence-corrected chi connectivity index (χ0v) is 8.68. The molecule has 0 aliphatic heterocycles. The molecule has 16 heavy (non-hydrogen) atoms. The summed E-state index contributed by atoms with van der Waals surface area (Å²) in [7, 11) is 0. The van der Waals surface area contributed by atoms with Gasteiger partial charge < -0.3 is 5.32 Å². The minimum atomic E-state index is 0.0349. The number of anilines is 1. The van der Waals surface area contributed by atoms with Crippen LogP contribution in [-0.4, -0.2) is 20.2 Å². The van der Waals surface area contributed by atoms with Crippen LogP contribution >= 0.6 is 0 Å². The van der Waals surface area contributed by atoms with Crippen LogP contribution in [0.15, 0.2) is 24.7 Å². The van der Waals surface area contributed by atoms with Crippen molar-refractivity contribution in [2.45, 2.75) is 13.0 Å². The van der Waals surface area contributed by atoms with E-state index in [4.69, 9.17) is 5.26 Å². The zero-order chi connectivity index (χ0) is 11.4. The smallest absolute Gasteiger partial charge is 0.224 e. The Kier molecular flexibility index (Phi) is 2.78. The first-order valence-corrected chi connectivity index (χ1v) is 4.78. The van der Waals surface area contributed by atoms with Crippen molar-refractivity contribution in [1.29, 1.82) is 5.26 Å². The van der Waals surface area contributed by atoms with E-state index in [-0.39, 0.29) is 6.04 Å². The maximum absolute atomic E-state index is 8.70. The second-order valence-electron chi connectivity index (χ2n) is 3.27. The predicted molar refractivity (Wildman–Crippen MR) is 57.4 cm³/mol. The Bertz CT molecular complexity index is 498. The molecule has 0 aliphatic carbocycles. The molecule has 2 rings (SSSR count). The average molecular weight is 214 g/mol. The number of hydrogen-bond donors (Lipinski definition) is 2. The number of aromatic amines is 1. The maximum atomic E-state index is 8.70. The molecule has 2 heterocycles. The van der Waals surface area contributed by atoms with Gasteiger partial charge in [0.25, 0.3) is 0 Å². The van der Waals surface area contributed by atoms with Gasteiger partial charge in [-0.15, -0.1) is 0 Å². The second kappa shape index (κ2) is 4.40. The summed E-state index contributed by atoms with van der Waals surface area (Å²) in [5.41, 5.74) is 1.35. The molecule has 0 saturated carbocycles. The van der Waals surface area contributed by atoms with Gasteiger partial charge in [0.15, 0.2) is 0 Å². The van der Waals surface area contributed by atoms with Crippen LogP contribution in [0.4, 0.5) is 5.95 Å². The Morgan fingerprint density at radius 1 is 1.56 bits per heavy atom. The van der Waals surface area contributed by atoms with Crippen LogP contribution in [0, 0.1) is 11.3 Å². The lowest BCUT2D eigenvalue weighted by Gasteiger charge is -2.11. The Hall–Kier alpha value is -2.42. The van der Waals surface area contributed by atoms with Crippen molar-refractivity contribution in [1.82, 2.24) is 20.2 Å². The fourth-order valence-corrected chi connectivity index (χ4v) is 1.27. The number of aromatic nitrogens is 4. The molecule has 0 aromatic carbocycles. The summed E-state index contributed by atoms with van der Waals surface area (Å²) >= 11 is 0. The lowest BCUT2D eigenvalue weighted by Crippen LogP contribution is -2.09. The molecular formula is C10H10N6. The van der Waals surface area contributed by atoms with Gasteiger partial charge in [-0.1, -0.05) is 0 Å². The quantitative estimate of drug-likeness (QED) is 0.802. The molecule has 0 bridgehead atoms. The number of nitrogens with one attached hydrogen (secondary N) is 2. The van der Waals surface area contributed by atoms with Crippen molar-refractivity contribution in [3.05, 3.63) is 35.9 Å². The molecule has 6 heteroatoms. The standard InChI is InChI=1S/C10H10N6/c1-7(8-5-13-14-6-8)15-10-12-3-2-9(4-11)16-10/h2-3,5-7H,1H3,(H,13,14)(H,12,15,16). The first-order valence-electron chi connectivity index (χ1n) is 4.78. The van der Waals surface area contributed by atoms with Gasteiger partial charge in [0.05, 0.1) is 12.2 Å². The summed E-state index contributed by atoms with van der Waals surface area (Å²) < 4.78 is 0. The van der Waals surface area contributed by atoms with Gasteiger partial charge in [-0.25, -0.2) is 9.97 Å². The van der Waals surface area contributed by atoms with Crippen molar-refractivity contribution in [2.75, 3.05) is 5.32 Å². The Balaban J connectivity index is 2.12. The third-order valence-electron chi connectivity index (χ3n) is 2.14. The van der Waals surface area contributed by atoms with Crippen LogP contribution in [0.5, 0.6) is 0 Å². The lowest BCUT2D eigenvalue weighted by molar-refractivity contribution is 0.860. The van der Waals surface area contributed by atoms with E-state index in [1.807, 2.05) is 13.0 Å². The highest BCUT2D eigenvalue weighted by Gasteiger charge is 2.07. The minimum absolute atomic E-state index is 0.0349. The normalized spacial score (nSPS) is 11.8. The topological polar surface area (TPSA) is 90.3 Å². The van der Waals surface area contributed by atoms with Crippen molar-refractivity contribution in [2.24, 2.45) is 0 Å². The summed E-state index contributed by atoms with van der Waals surface area (Å²) in [6.45, 7) is 1.97. The van der Waals surface area contributed by atoms with E-state index in [9.17, 15) is 0 Å². The fourth-order valence-electron chi connectivity index (χ4n) is 1.27. The molecule has 80 valence electrons. The number of nitrogens with zero attached hydrogens (tertiary/aromatic N) is 4. The van der Waals surface area contributed by atoms with Crippen LogP contribution in [0.2, 0.25) is 0 Å². The van der Waals surface area contributed by atoms with Crippen LogP contribution in [0.1, 0.15) is 24.2 Å². The van der Waals surface area contributed by atoms with Crippen molar-refractivity contribution >= 4 is 5.95 Å². The molecule has 0 radical (unpaired) electrons. The third kappa shape index (κ3) is 2.15. The van der Waals surface area contributed by atoms with E-state index in [1.54, 1.807) is 24.7 Å². The van der Waals surface area contributed by atoms with Crippen molar-refractivity contribution in [3.8, 4) is 6.07 Å². The number of H-pyrrole nitrogens is 1. The molecule has 0 saturated heterocycles. The van der Waals surface area contributed by atoms with Gasteiger partial charge in [-0.3, -0.25) is 5.10 Å². The number of nitriles is 1. The first kappa shape index (κ1) is 10.1. The average Bonchev–Trinajstić information content (AvgIpc) is 2.83. The van der Waals surface area contributed by atoms with E-state index >= 15 is 0 Å². The van der Waals surface area contributed by atoms with Gasteiger partial charge in [0.1, 0.15) is 11.8 Å². The molecule has 2 aromatic heterocycles. The molecule has 2 aromatic rings. The Labute approximate surface area is 92.4 Å². The van der Waals surface area contributed by atoms with Crippen LogP contribution in [0.25, 0.3) is 0 Å². The van der Waals surface area contributed by atoms with Gasteiger partial charge in [0.2, 0.25) is 5.95 Å². The second-order valence-corrected chi connectivity index (χ2v) is 3.27. The molecule has 6 nitrogen and oxygen atoms in total. The molecule has 0 spiro atoms. The fraction of sp³-hybridized carbons (Fsp3) is 0.200. The highest BCUT2D eigenvalue weighted by Crippen LogP contribution is 2.14. The molecule has 0 amide bonds. The highest BCUT2D eigenvalue weighted by molar-refractivity contribution is 5.33. The molecule has 0 fully saturated rings. The SMILES string of the molecule is CC(Nc1nccc(C#N)n1)c1cn[nH]c1. The lowest BCUT2D eigenvalue weighted by atomic mass is 10.2. The maximum Gasteiger partial charge on any atom is 0.224 e. The summed E-state index contributed by atoms with van der Waals surface area (Å²) in [6, 6.07) is 3.56. The van der Waals surface area contributed by atoms with Crippen molar-refractivity contribution in [3.63, 3.8) is 0 Å². The van der Waals surface area contributed by atoms with Crippen LogP contribution in [0.3, 0.4) is 0 Å². The molecule has 0 aliphatic rings. The summed E-state index contributed by atoms with van der Waals surface area (Å²) in [6.07, 6.45) is 5.08. The van der Waals surface area contributed by atoms with Gasteiger partial charge in [0, 0.05) is 18.0 Å². The van der Waals surface area contributed by atoms with Gasteiger partial charge in [-0.05, 0) is 13.0 Å². The summed E-state index contributed by atoms with van der Waals surface area (Å²) in [5.74, 6) is 0.438. The van der Waals surface area contributed by atoms with Gasteiger partial charge >= 0.3 is 0 Å². The van der Waals surface area contributed by atoms with Crippen molar-refractivity contribution < 1.29 is 0 Å². The molecule has 1 atom stereocenters. The Morgan fingerprint density at radius 3 is 3.12 bits per heavy atom.